The van der Waals surface area contributed by atoms with E-state index in [9.17, 15) is 4.79 Å². The zero-order valence-electron chi connectivity index (χ0n) is 12.8. The van der Waals surface area contributed by atoms with Crippen molar-refractivity contribution in [2.45, 2.75) is 13.0 Å². The molecule has 24 heavy (non-hydrogen) atoms. The van der Waals surface area contributed by atoms with Gasteiger partial charge in [-0.3, -0.25) is 9.36 Å². The number of hydrogen-bond donors (Lipinski definition) is 1. The van der Waals surface area contributed by atoms with Crippen molar-refractivity contribution in [2.24, 2.45) is 0 Å². The average molecular weight is 346 g/mol. The SMILES string of the molecule is COCCCn1c(=O)sc2c1nc(N)n1nc(-c3ccco3)nc21. The maximum Gasteiger partial charge on any atom is 0.309 e. The highest BCUT2D eigenvalue weighted by molar-refractivity contribution is 7.17. The van der Waals surface area contributed by atoms with Gasteiger partial charge in [0.15, 0.2) is 17.1 Å². The van der Waals surface area contributed by atoms with Gasteiger partial charge in [-0.15, -0.1) is 5.10 Å². The number of fused-ring (bicyclic) bond motifs is 3. The molecule has 124 valence electrons. The van der Waals surface area contributed by atoms with Gasteiger partial charge in [0, 0.05) is 20.3 Å². The lowest BCUT2D eigenvalue weighted by Gasteiger charge is -2.03. The minimum atomic E-state index is -0.108. The summed E-state index contributed by atoms with van der Waals surface area (Å²) in [6.07, 6.45) is 2.25. The van der Waals surface area contributed by atoms with Crippen LogP contribution in [0, 0.1) is 0 Å². The number of nitrogens with two attached hydrogens (primary N) is 1. The summed E-state index contributed by atoms with van der Waals surface area (Å²) in [6, 6.07) is 3.51. The number of aromatic nitrogens is 5. The molecule has 0 saturated carbocycles. The molecule has 4 aromatic heterocycles. The monoisotopic (exact) mass is 346 g/mol. The van der Waals surface area contributed by atoms with Crippen molar-refractivity contribution in [3.63, 3.8) is 0 Å². The Morgan fingerprint density at radius 3 is 3.00 bits per heavy atom. The Labute approximate surface area is 139 Å². The summed E-state index contributed by atoms with van der Waals surface area (Å²) >= 11 is 1.08. The molecule has 0 bridgehead atoms. The van der Waals surface area contributed by atoms with Crippen molar-refractivity contribution < 1.29 is 9.15 Å². The molecule has 0 amide bonds. The number of ether oxygens (including phenoxy) is 1. The van der Waals surface area contributed by atoms with E-state index in [-0.39, 0.29) is 10.8 Å². The maximum atomic E-state index is 12.3. The second-order valence-corrected chi connectivity index (χ2v) is 6.10. The Hall–Kier alpha value is -2.72. The van der Waals surface area contributed by atoms with Crippen molar-refractivity contribution in [1.29, 1.82) is 0 Å². The van der Waals surface area contributed by atoms with Crippen LogP contribution in [0.25, 0.3) is 27.6 Å². The molecule has 0 saturated heterocycles. The van der Waals surface area contributed by atoms with Crippen molar-refractivity contribution in [3.8, 4) is 11.6 Å². The first-order chi connectivity index (χ1) is 11.7. The molecule has 2 N–H and O–H groups in total. The second-order valence-electron chi connectivity index (χ2n) is 5.14. The van der Waals surface area contributed by atoms with Crippen LogP contribution in [0.15, 0.2) is 27.6 Å². The van der Waals surface area contributed by atoms with E-state index >= 15 is 0 Å². The molecule has 0 radical (unpaired) electrons. The number of nitrogens with zero attached hydrogens (tertiary/aromatic N) is 5. The Kier molecular flexibility index (Phi) is 3.54. The second kappa shape index (κ2) is 5.73. The molecule has 4 rings (SSSR count). The van der Waals surface area contributed by atoms with Crippen LogP contribution in [-0.4, -0.2) is 37.9 Å². The molecule has 0 atom stereocenters. The van der Waals surface area contributed by atoms with E-state index in [0.29, 0.717) is 47.2 Å². The van der Waals surface area contributed by atoms with Crippen molar-refractivity contribution >= 4 is 33.3 Å². The molecule has 0 unspecified atom stereocenters. The molecule has 10 heteroatoms. The summed E-state index contributed by atoms with van der Waals surface area (Å²) in [4.78, 5) is 21.0. The van der Waals surface area contributed by atoms with E-state index < -0.39 is 0 Å². The standard InChI is InChI=1S/C14H14N6O3S/c1-22-6-3-5-19-11-9(24-14(19)21)12-16-10(8-4-2-7-23-8)18-20(12)13(15)17-11/h2,4,7H,3,5-6H2,1H3,(H2,15,17). The summed E-state index contributed by atoms with van der Waals surface area (Å²) in [7, 11) is 1.63. The molecule has 0 spiro atoms. The topological polar surface area (TPSA) is 113 Å². The Bertz CT molecular complexity index is 1060. The lowest BCUT2D eigenvalue weighted by Crippen LogP contribution is -2.15. The Morgan fingerprint density at radius 1 is 1.38 bits per heavy atom. The maximum absolute atomic E-state index is 12.3. The fourth-order valence-electron chi connectivity index (χ4n) is 2.50. The summed E-state index contributed by atoms with van der Waals surface area (Å²) < 4.78 is 14.0. The third-order valence-corrected chi connectivity index (χ3v) is 4.55. The molecule has 0 aromatic carbocycles. The van der Waals surface area contributed by atoms with Gasteiger partial charge >= 0.3 is 4.87 Å². The molecule has 0 aliphatic heterocycles. The third kappa shape index (κ3) is 2.27. The molecule has 0 fully saturated rings. The quantitative estimate of drug-likeness (QED) is 0.543. The van der Waals surface area contributed by atoms with Gasteiger partial charge in [0.05, 0.1) is 6.26 Å². The van der Waals surface area contributed by atoms with Gasteiger partial charge < -0.3 is 14.9 Å². The number of nitrogen functional groups attached to an aromatic ring is 1. The van der Waals surface area contributed by atoms with Gasteiger partial charge in [-0.05, 0) is 18.6 Å². The van der Waals surface area contributed by atoms with E-state index in [1.807, 2.05) is 0 Å². The number of methoxy groups -OCH3 is 1. The molecule has 4 aromatic rings. The largest absolute Gasteiger partial charge is 0.461 e. The Balaban J connectivity index is 1.91. The lowest BCUT2D eigenvalue weighted by atomic mass is 10.4. The average Bonchev–Trinajstić information content (AvgIpc) is 3.27. The molecule has 0 aliphatic rings. The van der Waals surface area contributed by atoms with Crippen molar-refractivity contribution in [2.75, 3.05) is 19.5 Å². The number of rotatable bonds is 5. The van der Waals surface area contributed by atoms with Crippen LogP contribution in [0.2, 0.25) is 0 Å². The fraction of sp³-hybridized carbons (Fsp3) is 0.286. The van der Waals surface area contributed by atoms with Crippen LogP contribution in [0.1, 0.15) is 6.42 Å². The first-order valence-electron chi connectivity index (χ1n) is 7.27. The van der Waals surface area contributed by atoms with Crippen molar-refractivity contribution in [3.05, 3.63) is 28.1 Å². The van der Waals surface area contributed by atoms with E-state index in [0.717, 1.165) is 11.3 Å². The van der Waals surface area contributed by atoms with Gasteiger partial charge in [-0.25, -0.2) is 4.98 Å². The fourth-order valence-corrected chi connectivity index (χ4v) is 3.44. The highest BCUT2D eigenvalue weighted by Gasteiger charge is 2.19. The Morgan fingerprint density at radius 2 is 2.25 bits per heavy atom. The number of thiazole rings is 1. The van der Waals surface area contributed by atoms with Crippen LogP contribution in [0.5, 0.6) is 0 Å². The molecule has 9 nitrogen and oxygen atoms in total. The van der Waals surface area contributed by atoms with Gasteiger partial charge in [-0.1, -0.05) is 11.3 Å². The zero-order chi connectivity index (χ0) is 16.7. The van der Waals surface area contributed by atoms with Gasteiger partial charge in [0.25, 0.3) is 0 Å². The number of furan rings is 1. The summed E-state index contributed by atoms with van der Waals surface area (Å²) in [5.74, 6) is 1.09. The van der Waals surface area contributed by atoms with E-state index in [2.05, 4.69) is 15.1 Å². The van der Waals surface area contributed by atoms with Crippen LogP contribution >= 0.6 is 11.3 Å². The molecular weight excluding hydrogens is 332 g/mol. The summed E-state index contributed by atoms with van der Waals surface area (Å²) in [6.45, 7) is 1.07. The summed E-state index contributed by atoms with van der Waals surface area (Å²) in [5, 5.41) is 4.32. The first kappa shape index (κ1) is 14.8. The van der Waals surface area contributed by atoms with Crippen LogP contribution in [-0.2, 0) is 11.3 Å². The summed E-state index contributed by atoms with van der Waals surface area (Å²) in [5.41, 5.74) is 7.02. The van der Waals surface area contributed by atoms with Gasteiger partial charge in [0.2, 0.25) is 11.8 Å². The minimum absolute atomic E-state index is 0.108. The molecule has 4 heterocycles. The molecular formula is C14H14N6O3S. The van der Waals surface area contributed by atoms with E-state index in [4.69, 9.17) is 14.9 Å². The van der Waals surface area contributed by atoms with Gasteiger partial charge in [0.1, 0.15) is 4.70 Å². The number of aryl methyl sites for hydroxylation is 1. The van der Waals surface area contributed by atoms with Gasteiger partial charge in [-0.2, -0.15) is 9.50 Å². The predicted molar refractivity (Wildman–Crippen MR) is 89.0 cm³/mol. The zero-order valence-corrected chi connectivity index (χ0v) is 13.6. The number of anilines is 1. The molecule has 0 aliphatic carbocycles. The van der Waals surface area contributed by atoms with Crippen LogP contribution in [0.3, 0.4) is 0 Å². The smallest absolute Gasteiger partial charge is 0.309 e. The number of hydrogen-bond acceptors (Lipinski definition) is 8. The van der Waals surface area contributed by atoms with Crippen LogP contribution < -0.4 is 10.6 Å². The predicted octanol–water partition coefficient (Wildman–Crippen LogP) is 1.38. The first-order valence-corrected chi connectivity index (χ1v) is 8.09. The van der Waals surface area contributed by atoms with E-state index in [1.54, 1.807) is 30.1 Å². The van der Waals surface area contributed by atoms with E-state index in [1.165, 1.54) is 4.52 Å². The van der Waals surface area contributed by atoms with Crippen LogP contribution in [0.4, 0.5) is 5.95 Å². The van der Waals surface area contributed by atoms with Crippen molar-refractivity contribution in [1.82, 2.24) is 24.1 Å². The lowest BCUT2D eigenvalue weighted by molar-refractivity contribution is 0.190. The highest BCUT2D eigenvalue weighted by Crippen LogP contribution is 2.25. The minimum Gasteiger partial charge on any atom is -0.461 e. The normalized spacial score (nSPS) is 11.7. The third-order valence-electron chi connectivity index (χ3n) is 3.59. The highest BCUT2D eigenvalue weighted by atomic mass is 32.1.